The van der Waals surface area contributed by atoms with Gasteiger partial charge in [-0.15, -0.1) is 0 Å². The minimum absolute atomic E-state index is 0.850. The number of hydrogen-bond donors (Lipinski definition) is 0. The quantitative estimate of drug-likeness (QED) is 0.201. The van der Waals surface area contributed by atoms with Gasteiger partial charge in [-0.2, -0.15) is 0 Å². The normalized spacial score (nSPS) is 11.8. The zero-order valence-electron chi connectivity index (χ0n) is 25.3. The van der Waals surface area contributed by atoms with Crippen molar-refractivity contribution in [2.24, 2.45) is 0 Å². The highest BCUT2D eigenvalue weighted by molar-refractivity contribution is 6.14. The van der Waals surface area contributed by atoms with E-state index in [0.29, 0.717) is 0 Å². The summed E-state index contributed by atoms with van der Waals surface area (Å²) in [6, 6.07) is 57.6. The van der Waals surface area contributed by atoms with Gasteiger partial charge in [0.25, 0.3) is 0 Å². The minimum atomic E-state index is 0.850. The second-order valence-corrected chi connectivity index (χ2v) is 12.0. The maximum absolute atomic E-state index is 6.57. The predicted molar refractivity (Wildman–Crippen MR) is 194 cm³/mol. The number of benzene rings is 7. The molecule has 0 atom stereocenters. The summed E-state index contributed by atoms with van der Waals surface area (Å²) in [5.74, 6) is 0.898. The Kier molecular flexibility index (Phi) is 5.54. The second-order valence-electron chi connectivity index (χ2n) is 12.0. The van der Waals surface area contributed by atoms with Crippen LogP contribution in [0.4, 0.5) is 0 Å². The van der Waals surface area contributed by atoms with E-state index in [9.17, 15) is 0 Å². The van der Waals surface area contributed by atoms with E-state index in [2.05, 4.69) is 161 Å². The molecule has 0 fully saturated rings. The zero-order chi connectivity index (χ0) is 30.9. The van der Waals surface area contributed by atoms with Crippen LogP contribution in [-0.2, 0) is 0 Å². The molecule has 47 heavy (non-hydrogen) atoms. The van der Waals surface area contributed by atoms with E-state index in [1.54, 1.807) is 0 Å². The van der Waals surface area contributed by atoms with Crippen molar-refractivity contribution in [1.82, 2.24) is 14.1 Å². The molecule has 0 unspecified atom stereocenters. The van der Waals surface area contributed by atoms with Crippen LogP contribution in [0, 0.1) is 0 Å². The summed E-state index contributed by atoms with van der Waals surface area (Å²) >= 11 is 0. The van der Waals surface area contributed by atoms with Crippen molar-refractivity contribution >= 4 is 54.8 Å². The molecule has 0 aliphatic carbocycles. The Balaban J connectivity index is 1.15. The van der Waals surface area contributed by atoms with Gasteiger partial charge in [-0.3, -0.25) is 4.57 Å². The van der Waals surface area contributed by atoms with E-state index in [-0.39, 0.29) is 0 Å². The van der Waals surface area contributed by atoms with Crippen molar-refractivity contribution in [3.8, 4) is 33.9 Å². The zero-order valence-corrected chi connectivity index (χ0v) is 25.3. The molecule has 4 heteroatoms. The Labute approximate surface area is 270 Å². The van der Waals surface area contributed by atoms with Crippen molar-refractivity contribution in [3.05, 3.63) is 164 Å². The summed E-state index contributed by atoms with van der Waals surface area (Å²) in [4.78, 5) is 5.16. The third kappa shape index (κ3) is 3.92. The van der Waals surface area contributed by atoms with Gasteiger partial charge in [0, 0.05) is 38.5 Å². The number of furan rings is 1. The van der Waals surface area contributed by atoms with Gasteiger partial charge in [0.2, 0.25) is 0 Å². The number of nitrogens with zero attached hydrogens (tertiary/aromatic N) is 3. The largest absolute Gasteiger partial charge is 0.456 e. The summed E-state index contributed by atoms with van der Waals surface area (Å²) in [6.07, 6.45) is 0. The number of hydrogen-bond acceptors (Lipinski definition) is 2. The fourth-order valence-electron chi connectivity index (χ4n) is 7.24. The van der Waals surface area contributed by atoms with Gasteiger partial charge in [0.05, 0.1) is 22.1 Å². The molecule has 0 aliphatic heterocycles. The topological polar surface area (TPSA) is 35.9 Å². The Morgan fingerprint density at radius 2 is 1.09 bits per heavy atom. The van der Waals surface area contributed by atoms with E-state index in [4.69, 9.17) is 9.40 Å². The van der Waals surface area contributed by atoms with Crippen LogP contribution in [0.1, 0.15) is 0 Å². The fraction of sp³-hybridized carbons (Fsp3) is 0. The molecule has 10 aromatic rings. The first-order valence-corrected chi connectivity index (χ1v) is 15.9. The molecule has 0 N–H and O–H groups in total. The average molecular weight is 602 g/mol. The van der Waals surface area contributed by atoms with Crippen LogP contribution in [0.3, 0.4) is 0 Å². The van der Waals surface area contributed by atoms with Gasteiger partial charge in [0.1, 0.15) is 17.0 Å². The molecular formula is C43H27N3O. The lowest BCUT2D eigenvalue weighted by Gasteiger charge is -2.10. The molecule has 4 nitrogen and oxygen atoms in total. The van der Waals surface area contributed by atoms with Gasteiger partial charge in [-0.25, -0.2) is 4.98 Å². The molecular weight excluding hydrogens is 574 g/mol. The highest BCUT2D eigenvalue weighted by Crippen LogP contribution is 2.41. The lowest BCUT2D eigenvalue weighted by molar-refractivity contribution is 0.669. The number of fused-ring (bicyclic) bond motifs is 7. The fourth-order valence-corrected chi connectivity index (χ4v) is 7.24. The van der Waals surface area contributed by atoms with Crippen LogP contribution in [0.5, 0.6) is 0 Å². The first-order valence-electron chi connectivity index (χ1n) is 15.9. The van der Waals surface area contributed by atoms with Gasteiger partial charge >= 0.3 is 0 Å². The monoisotopic (exact) mass is 601 g/mol. The molecule has 0 bridgehead atoms. The van der Waals surface area contributed by atoms with E-state index in [0.717, 1.165) is 66.9 Å². The van der Waals surface area contributed by atoms with Crippen molar-refractivity contribution in [2.75, 3.05) is 0 Å². The lowest BCUT2D eigenvalue weighted by atomic mass is 10.00. The average Bonchev–Trinajstić information content (AvgIpc) is 3.81. The molecule has 220 valence electrons. The Hall–Kier alpha value is -6.39. The summed E-state index contributed by atoms with van der Waals surface area (Å²) in [5, 5.41) is 4.62. The summed E-state index contributed by atoms with van der Waals surface area (Å²) in [5.41, 5.74) is 11.7. The Morgan fingerprint density at radius 3 is 1.91 bits per heavy atom. The van der Waals surface area contributed by atoms with Gasteiger partial charge < -0.3 is 8.98 Å². The van der Waals surface area contributed by atoms with Gasteiger partial charge in [0.15, 0.2) is 0 Å². The maximum Gasteiger partial charge on any atom is 0.146 e. The van der Waals surface area contributed by atoms with Crippen molar-refractivity contribution in [2.45, 2.75) is 0 Å². The highest BCUT2D eigenvalue weighted by atomic mass is 16.3. The number of rotatable bonds is 4. The van der Waals surface area contributed by atoms with Crippen LogP contribution >= 0.6 is 0 Å². The number of aromatic nitrogens is 3. The lowest BCUT2D eigenvalue weighted by Crippen LogP contribution is -1.97. The molecule has 0 saturated carbocycles. The van der Waals surface area contributed by atoms with Crippen molar-refractivity contribution in [3.63, 3.8) is 0 Å². The van der Waals surface area contributed by atoms with Crippen molar-refractivity contribution < 1.29 is 4.42 Å². The van der Waals surface area contributed by atoms with Crippen LogP contribution in [0.15, 0.2) is 168 Å². The summed E-state index contributed by atoms with van der Waals surface area (Å²) < 4.78 is 11.2. The molecule has 0 amide bonds. The van der Waals surface area contributed by atoms with Crippen LogP contribution in [-0.4, -0.2) is 14.1 Å². The molecule has 0 saturated heterocycles. The SMILES string of the molecule is c1ccc(-n2c(-c3cccc4oc5cc(-c6ccc7c(c6)c6ccccc6n7-c6ccccc6)ccc5c34)nc3ccccc32)cc1. The van der Waals surface area contributed by atoms with Crippen LogP contribution < -0.4 is 0 Å². The maximum atomic E-state index is 6.57. The standard InChI is InChI=1S/C43H27N3O/c1-3-12-30(13-4-1)45-37-19-9-7-16-32(37)35-26-28(23-25-38(35)45)29-22-24-33-41(27-29)47-40-21-11-17-34(42(33)40)43-44-36-18-8-10-20-39(36)46(43)31-14-5-2-6-15-31/h1-27H. The summed E-state index contributed by atoms with van der Waals surface area (Å²) in [6.45, 7) is 0. The summed E-state index contributed by atoms with van der Waals surface area (Å²) in [7, 11) is 0. The molecule has 0 radical (unpaired) electrons. The van der Waals surface area contributed by atoms with E-state index in [1.807, 2.05) is 12.1 Å². The van der Waals surface area contributed by atoms with Crippen LogP contribution in [0.2, 0.25) is 0 Å². The molecule has 3 aromatic heterocycles. The highest BCUT2D eigenvalue weighted by Gasteiger charge is 2.20. The predicted octanol–water partition coefficient (Wildman–Crippen LogP) is 11.4. The molecule has 7 aromatic carbocycles. The molecule has 10 rings (SSSR count). The minimum Gasteiger partial charge on any atom is -0.456 e. The first kappa shape index (κ1) is 25.9. The first-order chi connectivity index (χ1) is 23.3. The smallest absolute Gasteiger partial charge is 0.146 e. The van der Waals surface area contributed by atoms with Gasteiger partial charge in [-0.05, 0) is 83.9 Å². The molecule has 3 heterocycles. The van der Waals surface area contributed by atoms with E-state index in [1.165, 1.54) is 21.8 Å². The van der Waals surface area contributed by atoms with E-state index < -0.39 is 0 Å². The molecule has 0 aliphatic rings. The van der Waals surface area contributed by atoms with Crippen LogP contribution in [0.25, 0.3) is 88.7 Å². The Morgan fingerprint density at radius 1 is 0.426 bits per heavy atom. The third-order valence-corrected chi connectivity index (χ3v) is 9.33. The van der Waals surface area contributed by atoms with E-state index >= 15 is 0 Å². The third-order valence-electron chi connectivity index (χ3n) is 9.33. The molecule has 0 spiro atoms. The number of imidazole rings is 1. The van der Waals surface area contributed by atoms with Crippen molar-refractivity contribution in [1.29, 1.82) is 0 Å². The van der Waals surface area contributed by atoms with Gasteiger partial charge in [-0.1, -0.05) is 91.0 Å². The Bertz CT molecular complexity index is 2780. The second kappa shape index (κ2) is 10.1. The number of para-hydroxylation sites is 5.